The van der Waals surface area contributed by atoms with Gasteiger partial charge >= 0.3 is 39.5 Å². The lowest BCUT2D eigenvalue weighted by molar-refractivity contribution is -0.161. The largest absolute Gasteiger partial charge is 0.472 e. The highest BCUT2D eigenvalue weighted by molar-refractivity contribution is 7.47. The highest BCUT2D eigenvalue weighted by Gasteiger charge is 2.30. The molecule has 0 heterocycles. The van der Waals surface area contributed by atoms with Crippen LogP contribution < -0.4 is 0 Å². The molecule has 570 valence electrons. The molecule has 0 aliphatic carbocycles. The van der Waals surface area contributed by atoms with Crippen molar-refractivity contribution in [1.82, 2.24) is 0 Å². The second-order valence-electron chi connectivity index (χ2n) is 29.4. The molecule has 3 N–H and O–H groups in total. The van der Waals surface area contributed by atoms with Crippen molar-refractivity contribution in [2.45, 2.75) is 408 Å². The van der Waals surface area contributed by atoms with Crippen molar-refractivity contribution in [2.24, 2.45) is 23.7 Å². The Morgan fingerprint density at radius 3 is 0.740 bits per heavy atom. The van der Waals surface area contributed by atoms with E-state index in [-0.39, 0.29) is 25.7 Å². The number of rotatable bonds is 74. The Balaban J connectivity index is 5.25. The topological polar surface area (TPSA) is 237 Å². The van der Waals surface area contributed by atoms with E-state index in [2.05, 4.69) is 55.4 Å². The highest BCUT2D eigenvalue weighted by Crippen LogP contribution is 2.45. The van der Waals surface area contributed by atoms with Crippen molar-refractivity contribution in [3.05, 3.63) is 0 Å². The molecule has 0 amide bonds. The average molecular weight is 1410 g/mol. The Morgan fingerprint density at radius 2 is 0.500 bits per heavy atom. The van der Waals surface area contributed by atoms with Gasteiger partial charge in [0.1, 0.15) is 19.3 Å². The number of phosphoric acid groups is 2. The van der Waals surface area contributed by atoms with E-state index in [0.29, 0.717) is 31.6 Å². The summed E-state index contributed by atoms with van der Waals surface area (Å²) in [5.41, 5.74) is 0. The number of hydrogen-bond donors (Lipinski definition) is 3. The van der Waals surface area contributed by atoms with Gasteiger partial charge in [0.15, 0.2) is 12.2 Å². The molecule has 96 heavy (non-hydrogen) atoms. The van der Waals surface area contributed by atoms with E-state index < -0.39 is 97.5 Å². The van der Waals surface area contributed by atoms with Gasteiger partial charge < -0.3 is 33.8 Å². The maximum Gasteiger partial charge on any atom is 0.472 e. The van der Waals surface area contributed by atoms with Crippen molar-refractivity contribution in [3.63, 3.8) is 0 Å². The molecule has 0 saturated heterocycles. The third-order valence-corrected chi connectivity index (χ3v) is 20.1. The number of carbonyl (C=O) groups excluding carboxylic acids is 4. The first kappa shape index (κ1) is 94.1. The summed E-state index contributed by atoms with van der Waals surface area (Å²) in [6, 6.07) is 0. The third kappa shape index (κ3) is 69.2. The van der Waals surface area contributed by atoms with Crippen LogP contribution in [0.15, 0.2) is 0 Å². The van der Waals surface area contributed by atoms with Gasteiger partial charge in [0.25, 0.3) is 0 Å². The molecule has 17 nitrogen and oxygen atoms in total. The number of ether oxygens (including phenoxy) is 4. The number of aliphatic hydroxyl groups excluding tert-OH is 1. The van der Waals surface area contributed by atoms with E-state index >= 15 is 0 Å². The molecule has 6 atom stereocenters. The van der Waals surface area contributed by atoms with Gasteiger partial charge in [0, 0.05) is 25.7 Å². The summed E-state index contributed by atoms with van der Waals surface area (Å²) in [7, 11) is -9.91. The van der Waals surface area contributed by atoms with Crippen LogP contribution in [0.3, 0.4) is 0 Å². The molecule has 0 fully saturated rings. The van der Waals surface area contributed by atoms with Crippen LogP contribution in [0.5, 0.6) is 0 Å². The van der Waals surface area contributed by atoms with Gasteiger partial charge in [0.05, 0.1) is 26.4 Å². The maximum atomic E-state index is 13.1. The van der Waals surface area contributed by atoms with Gasteiger partial charge in [-0.25, -0.2) is 9.13 Å². The molecule has 0 aromatic carbocycles. The van der Waals surface area contributed by atoms with Crippen LogP contribution in [0.2, 0.25) is 0 Å². The van der Waals surface area contributed by atoms with Crippen LogP contribution in [0, 0.1) is 23.7 Å². The number of esters is 4. The Labute approximate surface area is 588 Å². The molecule has 0 aromatic rings. The molecular formula is C77H150O17P2. The summed E-state index contributed by atoms with van der Waals surface area (Å²) < 4.78 is 68.5. The highest BCUT2D eigenvalue weighted by atomic mass is 31.2. The van der Waals surface area contributed by atoms with E-state index in [0.717, 1.165) is 114 Å². The number of aliphatic hydroxyl groups is 1. The second kappa shape index (κ2) is 66.3. The fraction of sp³-hybridized carbons (Fsp3) is 0.948. The fourth-order valence-electron chi connectivity index (χ4n) is 11.7. The zero-order chi connectivity index (χ0) is 71.0. The summed E-state index contributed by atoms with van der Waals surface area (Å²) in [4.78, 5) is 72.8. The van der Waals surface area contributed by atoms with Crippen LogP contribution in [-0.2, 0) is 65.4 Å². The second-order valence-corrected chi connectivity index (χ2v) is 32.3. The van der Waals surface area contributed by atoms with Crippen molar-refractivity contribution in [3.8, 4) is 0 Å². The number of unbranched alkanes of at least 4 members (excludes halogenated alkanes) is 39. The first-order valence-electron chi connectivity index (χ1n) is 39.7. The molecule has 4 unspecified atom stereocenters. The summed E-state index contributed by atoms with van der Waals surface area (Å²) in [5.74, 6) is 0.958. The van der Waals surface area contributed by atoms with Crippen LogP contribution in [0.1, 0.15) is 389 Å². The van der Waals surface area contributed by atoms with Crippen molar-refractivity contribution in [1.29, 1.82) is 0 Å². The molecule has 0 aromatic heterocycles. The third-order valence-electron chi connectivity index (χ3n) is 18.2. The zero-order valence-corrected chi connectivity index (χ0v) is 64.8. The first-order chi connectivity index (χ1) is 46.1. The molecule has 0 saturated carbocycles. The van der Waals surface area contributed by atoms with Crippen molar-refractivity contribution in [2.75, 3.05) is 39.6 Å². The van der Waals surface area contributed by atoms with Gasteiger partial charge in [-0.3, -0.25) is 37.3 Å². The summed E-state index contributed by atoms with van der Waals surface area (Å²) in [6.45, 7) is 14.2. The Morgan fingerprint density at radius 1 is 0.292 bits per heavy atom. The van der Waals surface area contributed by atoms with Crippen LogP contribution in [0.4, 0.5) is 0 Å². The van der Waals surface area contributed by atoms with E-state index in [1.807, 2.05) is 0 Å². The van der Waals surface area contributed by atoms with E-state index in [9.17, 15) is 43.2 Å². The molecular weight excluding hydrogens is 1260 g/mol. The Hall–Kier alpha value is -1.94. The number of phosphoric ester groups is 2. The fourth-order valence-corrected chi connectivity index (χ4v) is 13.3. The van der Waals surface area contributed by atoms with Gasteiger partial charge in [-0.2, -0.15) is 0 Å². The average Bonchev–Trinajstić information content (AvgIpc) is 1.64. The molecule has 0 aliphatic rings. The number of hydrogen-bond acceptors (Lipinski definition) is 15. The molecule has 0 rings (SSSR count). The minimum Gasteiger partial charge on any atom is -0.462 e. The predicted octanol–water partition coefficient (Wildman–Crippen LogP) is 22.4. The molecule has 0 aliphatic heterocycles. The van der Waals surface area contributed by atoms with E-state index in [1.165, 1.54) is 186 Å². The molecule has 0 spiro atoms. The van der Waals surface area contributed by atoms with Crippen LogP contribution in [0.25, 0.3) is 0 Å². The van der Waals surface area contributed by atoms with Gasteiger partial charge in [-0.1, -0.05) is 338 Å². The quantitative estimate of drug-likeness (QED) is 0.0222. The first-order valence-corrected chi connectivity index (χ1v) is 42.7. The Bertz CT molecular complexity index is 1890. The normalized spacial score (nSPS) is 14.4. The van der Waals surface area contributed by atoms with Gasteiger partial charge in [0.2, 0.25) is 0 Å². The van der Waals surface area contributed by atoms with Crippen LogP contribution >= 0.6 is 15.6 Å². The van der Waals surface area contributed by atoms with Crippen LogP contribution in [-0.4, -0.2) is 96.7 Å². The van der Waals surface area contributed by atoms with E-state index in [4.69, 9.17) is 37.0 Å². The van der Waals surface area contributed by atoms with Crippen molar-refractivity contribution < 1.29 is 80.2 Å². The predicted molar refractivity (Wildman–Crippen MR) is 391 cm³/mol. The van der Waals surface area contributed by atoms with E-state index in [1.54, 1.807) is 0 Å². The smallest absolute Gasteiger partial charge is 0.462 e. The summed E-state index contributed by atoms with van der Waals surface area (Å²) >= 11 is 0. The SMILES string of the molecule is CCC(C)CCCCCCCCCCCCCCCCC(=O)O[C@H](COC(=O)CCCCCCCCCCCCCCCC(C)C)COP(=O)(O)OCC(O)COP(=O)(O)OC[C@@H](COC(=O)CCCCCCCCCC(C)C)OC(=O)CCCCCCCCCCCC(C)C. The zero-order valence-electron chi connectivity index (χ0n) is 63.0. The monoisotopic (exact) mass is 1410 g/mol. The summed E-state index contributed by atoms with van der Waals surface area (Å²) in [6.07, 6.45) is 51.4. The standard InChI is InChI=1S/C77H150O17P2/c1-9-70(8)56-48-40-32-24-18-14-10-11-15-20-26-34-43-51-59-76(81)93-72(63-87-74(79)57-49-41-33-25-19-16-12-13-17-22-29-37-45-53-67(2)3)65-91-95(83,84)89-61-71(78)62-90-96(85,86)92-66-73(64-88-75(80)58-50-42-36-28-31-39-47-55-69(6)7)94-77(82)60-52-44-35-27-21-23-30-38-46-54-68(4)5/h67-73,78H,9-66H2,1-8H3,(H,83,84)(H,85,86)/t70?,71?,72-,73-/m1/s1. The van der Waals surface area contributed by atoms with Crippen molar-refractivity contribution >= 4 is 39.5 Å². The minimum absolute atomic E-state index is 0.104. The lowest BCUT2D eigenvalue weighted by Crippen LogP contribution is -2.30. The number of carbonyl (C=O) groups is 4. The molecule has 0 bridgehead atoms. The Kier molecular flexibility index (Phi) is 65.0. The molecule has 0 radical (unpaired) electrons. The van der Waals surface area contributed by atoms with Gasteiger partial charge in [-0.05, 0) is 49.4 Å². The molecule has 19 heteroatoms. The summed E-state index contributed by atoms with van der Waals surface area (Å²) in [5, 5.41) is 10.6. The van der Waals surface area contributed by atoms with Gasteiger partial charge in [-0.15, -0.1) is 0 Å². The maximum absolute atomic E-state index is 13.1. The lowest BCUT2D eigenvalue weighted by atomic mass is 9.99. The lowest BCUT2D eigenvalue weighted by Gasteiger charge is -2.21. The minimum atomic E-state index is -4.96.